The molecule has 0 aliphatic rings. The van der Waals surface area contributed by atoms with Crippen molar-refractivity contribution in [1.82, 2.24) is 0 Å². The number of hydrogen-bond acceptors (Lipinski definition) is 3. The van der Waals surface area contributed by atoms with Crippen LogP contribution in [-0.2, 0) is 0 Å². The second kappa shape index (κ2) is 5.38. The molecule has 0 bridgehead atoms. The summed E-state index contributed by atoms with van der Waals surface area (Å²) in [5, 5.41) is 12.5. The normalized spacial score (nSPS) is 10.2. The van der Waals surface area contributed by atoms with Gasteiger partial charge >= 0.3 is 0 Å². The van der Waals surface area contributed by atoms with Crippen molar-refractivity contribution in [1.29, 1.82) is 0 Å². The number of aromatic hydroxyl groups is 1. The number of halogens is 2. The van der Waals surface area contributed by atoms with Gasteiger partial charge in [-0.25, -0.2) is 0 Å². The van der Waals surface area contributed by atoms with Gasteiger partial charge in [0.1, 0.15) is 5.75 Å². The molecule has 1 amide bonds. The van der Waals surface area contributed by atoms with Crippen LogP contribution < -0.4 is 11.1 Å². The monoisotopic (exact) mass is 296 g/mol. The topological polar surface area (TPSA) is 75.3 Å². The molecule has 4 N–H and O–H groups in total. The van der Waals surface area contributed by atoms with Crippen molar-refractivity contribution in [3.05, 3.63) is 52.0 Å². The number of phenols is 1. The fourth-order valence-electron chi connectivity index (χ4n) is 1.49. The molecule has 0 heterocycles. The molecule has 19 heavy (non-hydrogen) atoms. The maximum atomic E-state index is 12.0. The fraction of sp³-hybridized carbons (Fsp3) is 0. The molecule has 0 aromatic heterocycles. The summed E-state index contributed by atoms with van der Waals surface area (Å²) in [6, 6.07) is 8.96. The Morgan fingerprint density at radius 2 is 1.89 bits per heavy atom. The van der Waals surface area contributed by atoms with Gasteiger partial charge < -0.3 is 16.2 Å². The molecule has 0 aliphatic heterocycles. The zero-order valence-corrected chi connectivity index (χ0v) is 11.2. The average molecular weight is 297 g/mol. The van der Waals surface area contributed by atoms with E-state index >= 15 is 0 Å². The van der Waals surface area contributed by atoms with E-state index in [1.165, 1.54) is 18.2 Å². The first-order valence-corrected chi connectivity index (χ1v) is 6.08. The number of carbonyl (C=O) groups excluding carboxylic acids is 1. The first-order valence-electron chi connectivity index (χ1n) is 5.32. The number of anilines is 2. The summed E-state index contributed by atoms with van der Waals surface area (Å²) in [6.07, 6.45) is 0. The minimum absolute atomic E-state index is 0.0794. The molecule has 98 valence electrons. The van der Waals surface area contributed by atoms with Crippen LogP contribution in [0.5, 0.6) is 5.75 Å². The van der Waals surface area contributed by atoms with Crippen LogP contribution in [0.3, 0.4) is 0 Å². The molecule has 2 aromatic rings. The first kappa shape index (κ1) is 13.5. The van der Waals surface area contributed by atoms with Gasteiger partial charge in [-0.15, -0.1) is 0 Å². The van der Waals surface area contributed by atoms with Crippen LogP contribution in [0.2, 0.25) is 10.0 Å². The van der Waals surface area contributed by atoms with Gasteiger partial charge in [0.15, 0.2) is 0 Å². The standard InChI is InChI=1S/C13H10Cl2N2O2/c14-8-2-3-11(10(16)6-8)17-13(19)7-1-4-12(18)9(15)5-7/h1-6,18H,16H2,(H,17,19). The minimum Gasteiger partial charge on any atom is -0.506 e. The SMILES string of the molecule is Nc1cc(Cl)ccc1NC(=O)c1ccc(O)c(Cl)c1. The summed E-state index contributed by atoms with van der Waals surface area (Å²) in [5.41, 5.74) is 6.88. The summed E-state index contributed by atoms with van der Waals surface area (Å²) in [5.74, 6) is -0.458. The number of phenolic OH excluding ortho intramolecular Hbond substituents is 1. The van der Waals surface area contributed by atoms with Crippen LogP contribution in [0.4, 0.5) is 11.4 Å². The Morgan fingerprint density at radius 1 is 1.16 bits per heavy atom. The molecular weight excluding hydrogens is 287 g/mol. The molecule has 0 atom stereocenters. The number of nitrogens with one attached hydrogen (secondary N) is 1. The lowest BCUT2D eigenvalue weighted by molar-refractivity contribution is 0.102. The molecule has 0 saturated heterocycles. The van der Waals surface area contributed by atoms with E-state index in [2.05, 4.69) is 5.32 Å². The number of amides is 1. The fourth-order valence-corrected chi connectivity index (χ4v) is 1.85. The molecular formula is C13H10Cl2N2O2. The van der Waals surface area contributed by atoms with E-state index in [-0.39, 0.29) is 16.7 Å². The highest BCUT2D eigenvalue weighted by Crippen LogP contribution is 2.26. The number of hydrogen-bond donors (Lipinski definition) is 3. The summed E-state index contributed by atoms with van der Waals surface area (Å²) in [6.45, 7) is 0. The maximum absolute atomic E-state index is 12.0. The predicted molar refractivity (Wildman–Crippen MR) is 76.9 cm³/mol. The number of nitrogen functional groups attached to an aromatic ring is 1. The van der Waals surface area contributed by atoms with E-state index in [1.807, 2.05) is 0 Å². The molecule has 4 nitrogen and oxygen atoms in total. The van der Waals surface area contributed by atoms with E-state index < -0.39 is 0 Å². The van der Waals surface area contributed by atoms with Crippen molar-refractivity contribution >= 4 is 40.5 Å². The Morgan fingerprint density at radius 3 is 2.53 bits per heavy atom. The van der Waals surface area contributed by atoms with Crippen LogP contribution in [0.15, 0.2) is 36.4 Å². The first-order chi connectivity index (χ1) is 8.97. The van der Waals surface area contributed by atoms with Crippen molar-refractivity contribution in [3.8, 4) is 5.75 Å². The highest BCUT2D eigenvalue weighted by Gasteiger charge is 2.10. The zero-order chi connectivity index (χ0) is 14.0. The summed E-state index contributed by atoms with van der Waals surface area (Å²) in [7, 11) is 0. The smallest absolute Gasteiger partial charge is 0.255 e. The molecule has 0 aliphatic carbocycles. The van der Waals surface area contributed by atoms with E-state index in [4.69, 9.17) is 28.9 Å². The lowest BCUT2D eigenvalue weighted by atomic mass is 10.2. The van der Waals surface area contributed by atoms with Crippen molar-refractivity contribution in [2.75, 3.05) is 11.1 Å². The Hall–Kier alpha value is -1.91. The number of carbonyl (C=O) groups is 1. The van der Waals surface area contributed by atoms with Gasteiger partial charge in [-0.2, -0.15) is 0 Å². The van der Waals surface area contributed by atoms with Crippen molar-refractivity contribution in [2.45, 2.75) is 0 Å². The Bertz CT molecular complexity index is 645. The largest absolute Gasteiger partial charge is 0.506 e. The third kappa shape index (κ3) is 3.10. The number of nitrogens with two attached hydrogens (primary N) is 1. The Balaban J connectivity index is 2.23. The molecule has 6 heteroatoms. The van der Waals surface area contributed by atoms with Crippen molar-refractivity contribution in [2.24, 2.45) is 0 Å². The van der Waals surface area contributed by atoms with E-state index in [0.29, 0.717) is 22.0 Å². The van der Waals surface area contributed by atoms with Crippen molar-refractivity contribution in [3.63, 3.8) is 0 Å². The summed E-state index contributed by atoms with van der Waals surface area (Å²) < 4.78 is 0. The van der Waals surface area contributed by atoms with Crippen LogP contribution >= 0.6 is 23.2 Å². The molecule has 2 aromatic carbocycles. The summed E-state index contributed by atoms with van der Waals surface area (Å²) in [4.78, 5) is 12.0. The second-order valence-electron chi connectivity index (χ2n) is 3.85. The van der Waals surface area contributed by atoms with E-state index in [1.54, 1.807) is 18.2 Å². The van der Waals surface area contributed by atoms with Crippen LogP contribution in [0.25, 0.3) is 0 Å². The Labute approximate surface area is 119 Å². The van der Waals surface area contributed by atoms with Crippen LogP contribution in [-0.4, -0.2) is 11.0 Å². The minimum atomic E-state index is -0.379. The van der Waals surface area contributed by atoms with Gasteiger partial charge in [0.05, 0.1) is 16.4 Å². The molecule has 0 saturated carbocycles. The van der Waals surface area contributed by atoms with Gasteiger partial charge in [0.25, 0.3) is 5.91 Å². The zero-order valence-electron chi connectivity index (χ0n) is 9.65. The molecule has 0 spiro atoms. The van der Waals surface area contributed by atoms with Gasteiger partial charge in [-0.05, 0) is 36.4 Å². The van der Waals surface area contributed by atoms with Crippen LogP contribution in [0.1, 0.15) is 10.4 Å². The lowest BCUT2D eigenvalue weighted by Crippen LogP contribution is -2.13. The Kier molecular flexibility index (Phi) is 3.83. The summed E-state index contributed by atoms with van der Waals surface area (Å²) >= 11 is 11.5. The van der Waals surface area contributed by atoms with Gasteiger partial charge in [-0.3, -0.25) is 4.79 Å². The van der Waals surface area contributed by atoms with Crippen LogP contribution in [0, 0.1) is 0 Å². The average Bonchev–Trinajstić information content (AvgIpc) is 2.36. The highest BCUT2D eigenvalue weighted by molar-refractivity contribution is 6.32. The van der Waals surface area contributed by atoms with Gasteiger partial charge in [-0.1, -0.05) is 23.2 Å². The maximum Gasteiger partial charge on any atom is 0.255 e. The molecule has 0 unspecified atom stereocenters. The lowest BCUT2D eigenvalue weighted by Gasteiger charge is -2.09. The van der Waals surface area contributed by atoms with Gasteiger partial charge in [0, 0.05) is 10.6 Å². The number of benzene rings is 2. The second-order valence-corrected chi connectivity index (χ2v) is 4.70. The molecule has 0 radical (unpaired) electrons. The highest BCUT2D eigenvalue weighted by atomic mass is 35.5. The van der Waals surface area contributed by atoms with Crippen molar-refractivity contribution < 1.29 is 9.90 Å². The predicted octanol–water partition coefficient (Wildman–Crippen LogP) is 3.53. The van der Waals surface area contributed by atoms with Gasteiger partial charge in [0.2, 0.25) is 0 Å². The third-order valence-electron chi connectivity index (χ3n) is 2.47. The third-order valence-corrected chi connectivity index (χ3v) is 3.01. The quantitative estimate of drug-likeness (QED) is 0.742. The molecule has 2 rings (SSSR count). The van der Waals surface area contributed by atoms with E-state index in [9.17, 15) is 9.90 Å². The molecule has 0 fully saturated rings. The van der Waals surface area contributed by atoms with E-state index in [0.717, 1.165) is 0 Å². The number of rotatable bonds is 2.